The van der Waals surface area contributed by atoms with Crippen molar-refractivity contribution in [2.24, 2.45) is 11.7 Å². The maximum atomic E-state index is 11.7. The second kappa shape index (κ2) is 6.14. The van der Waals surface area contributed by atoms with Crippen LogP contribution < -0.4 is 5.73 Å². The Labute approximate surface area is 86.0 Å². The Hall–Kier alpha value is -0.410. The van der Waals surface area contributed by atoms with Crippen molar-refractivity contribution in [3.63, 3.8) is 0 Å². The Kier molecular flexibility index (Phi) is 5.12. The molecule has 0 aromatic rings. The average Bonchev–Trinajstić information content (AvgIpc) is 2.19. The molecule has 0 heterocycles. The van der Waals surface area contributed by atoms with E-state index in [1.807, 2.05) is 0 Å². The number of nitrogens with two attached hydrogens (primary N) is 1. The summed E-state index contributed by atoms with van der Waals surface area (Å²) in [5, 5.41) is 0. The van der Waals surface area contributed by atoms with Crippen molar-refractivity contribution >= 4 is 5.78 Å². The van der Waals surface area contributed by atoms with Gasteiger partial charge in [0.1, 0.15) is 5.78 Å². The van der Waals surface area contributed by atoms with Gasteiger partial charge in [-0.3, -0.25) is 4.79 Å². The molecule has 3 nitrogen and oxygen atoms in total. The summed E-state index contributed by atoms with van der Waals surface area (Å²) in [6, 6.07) is -0.116. The third-order valence-electron chi connectivity index (χ3n) is 2.90. The molecule has 0 spiro atoms. The average molecular weight is 199 g/mol. The normalized spacial score (nSPS) is 20.7. The molecule has 0 aromatic carbocycles. The molecule has 1 rings (SSSR count). The van der Waals surface area contributed by atoms with Crippen molar-refractivity contribution in [3.8, 4) is 0 Å². The molecule has 0 radical (unpaired) electrons. The van der Waals surface area contributed by atoms with E-state index < -0.39 is 0 Å². The van der Waals surface area contributed by atoms with Gasteiger partial charge in [0.05, 0.1) is 6.61 Å². The Morgan fingerprint density at radius 1 is 1.43 bits per heavy atom. The summed E-state index contributed by atoms with van der Waals surface area (Å²) in [5.41, 5.74) is 5.75. The van der Waals surface area contributed by atoms with E-state index in [0.717, 1.165) is 12.8 Å². The molecule has 0 aliphatic heterocycles. The molecule has 1 saturated carbocycles. The number of ketones is 1. The van der Waals surface area contributed by atoms with E-state index >= 15 is 0 Å². The summed E-state index contributed by atoms with van der Waals surface area (Å²) in [6.07, 6.45) is 6.31. The van der Waals surface area contributed by atoms with Crippen LogP contribution in [-0.4, -0.2) is 25.5 Å². The van der Waals surface area contributed by atoms with Gasteiger partial charge >= 0.3 is 0 Å². The van der Waals surface area contributed by atoms with Gasteiger partial charge < -0.3 is 10.5 Å². The van der Waals surface area contributed by atoms with Crippen LogP contribution in [0.2, 0.25) is 0 Å². The molecule has 1 aliphatic rings. The smallest absolute Gasteiger partial charge is 0.137 e. The van der Waals surface area contributed by atoms with Crippen LogP contribution in [0.3, 0.4) is 0 Å². The Morgan fingerprint density at radius 3 is 2.64 bits per heavy atom. The van der Waals surface area contributed by atoms with E-state index in [0.29, 0.717) is 18.8 Å². The third kappa shape index (κ3) is 3.76. The van der Waals surface area contributed by atoms with Crippen molar-refractivity contribution in [2.75, 3.05) is 13.7 Å². The van der Waals surface area contributed by atoms with Crippen LogP contribution in [0.4, 0.5) is 0 Å². The SMILES string of the molecule is COCC(N)CC(=O)C1CCCCC1. The molecule has 3 heteroatoms. The van der Waals surface area contributed by atoms with Crippen molar-refractivity contribution in [1.82, 2.24) is 0 Å². The highest BCUT2D eigenvalue weighted by atomic mass is 16.5. The molecular weight excluding hydrogens is 178 g/mol. The molecule has 1 atom stereocenters. The lowest BCUT2D eigenvalue weighted by Gasteiger charge is -2.21. The van der Waals surface area contributed by atoms with Gasteiger partial charge in [0, 0.05) is 25.5 Å². The Balaban J connectivity index is 2.25. The van der Waals surface area contributed by atoms with Crippen LogP contribution in [0.1, 0.15) is 38.5 Å². The molecule has 1 aliphatic carbocycles. The van der Waals surface area contributed by atoms with Crippen LogP contribution in [0.25, 0.3) is 0 Å². The van der Waals surface area contributed by atoms with Gasteiger partial charge in [-0.2, -0.15) is 0 Å². The monoisotopic (exact) mass is 199 g/mol. The van der Waals surface area contributed by atoms with Crippen molar-refractivity contribution in [3.05, 3.63) is 0 Å². The first kappa shape index (κ1) is 11.7. The topological polar surface area (TPSA) is 52.3 Å². The van der Waals surface area contributed by atoms with Crippen molar-refractivity contribution in [1.29, 1.82) is 0 Å². The predicted molar refractivity (Wildman–Crippen MR) is 56.1 cm³/mol. The van der Waals surface area contributed by atoms with Crippen LogP contribution in [0.15, 0.2) is 0 Å². The first-order chi connectivity index (χ1) is 6.74. The number of carbonyl (C=O) groups is 1. The molecule has 0 amide bonds. The fraction of sp³-hybridized carbons (Fsp3) is 0.909. The quantitative estimate of drug-likeness (QED) is 0.730. The maximum Gasteiger partial charge on any atom is 0.137 e. The lowest BCUT2D eigenvalue weighted by atomic mass is 9.84. The van der Waals surface area contributed by atoms with E-state index in [1.54, 1.807) is 7.11 Å². The molecule has 0 bridgehead atoms. The van der Waals surface area contributed by atoms with Gasteiger partial charge in [-0.25, -0.2) is 0 Å². The lowest BCUT2D eigenvalue weighted by Crippen LogP contribution is -2.31. The molecule has 2 N–H and O–H groups in total. The second-order valence-electron chi connectivity index (χ2n) is 4.22. The van der Waals surface area contributed by atoms with E-state index in [1.165, 1.54) is 19.3 Å². The first-order valence-corrected chi connectivity index (χ1v) is 5.51. The minimum absolute atomic E-state index is 0.116. The largest absolute Gasteiger partial charge is 0.383 e. The highest BCUT2D eigenvalue weighted by molar-refractivity contribution is 5.81. The lowest BCUT2D eigenvalue weighted by molar-refractivity contribution is -0.124. The number of hydrogen-bond acceptors (Lipinski definition) is 3. The summed E-state index contributed by atoms with van der Waals surface area (Å²) in [5.74, 6) is 0.626. The van der Waals surface area contributed by atoms with Gasteiger partial charge in [-0.1, -0.05) is 19.3 Å². The minimum atomic E-state index is -0.116. The number of rotatable bonds is 5. The molecule has 0 aromatic heterocycles. The Bertz CT molecular complexity index is 176. The molecule has 1 unspecified atom stereocenters. The number of carbonyl (C=O) groups excluding carboxylic acids is 1. The van der Waals surface area contributed by atoms with Crippen molar-refractivity contribution < 1.29 is 9.53 Å². The van der Waals surface area contributed by atoms with E-state index in [-0.39, 0.29) is 12.0 Å². The number of Topliss-reactive ketones (excluding diaryl/α,β-unsaturated/α-hetero) is 1. The maximum absolute atomic E-state index is 11.7. The molecular formula is C11H21NO2. The molecule has 82 valence electrons. The zero-order valence-corrected chi connectivity index (χ0v) is 9.00. The van der Waals surface area contributed by atoms with E-state index in [4.69, 9.17) is 10.5 Å². The fourth-order valence-corrected chi connectivity index (χ4v) is 2.12. The number of methoxy groups -OCH3 is 1. The molecule has 1 fully saturated rings. The van der Waals surface area contributed by atoms with E-state index in [9.17, 15) is 4.79 Å². The molecule has 14 heavy (non-hydrogen) atoms. The summed E-state index contributed by atoms with van der Waals surface area (Å²) in [6.45, 7) is 0.485. The van der Waals surface area contributed by atoms with Gasteiger partial charge in [0.25, 0.3) is 0 Å². The Morgan fingerprint density at radius 2 is 2.07 bits per heavy atom. The van der Waals surface area contributed by atoms with Crippen LogP contribution in [-0.2, 0) is 9.53 Å². The van der Waals surface area contributed by atoms with Crippen LogP contribution in [0.5, 0.6) is 0 Å². The second-order valence-corrected chi connectivity index (χ2v) is 4.22. The highest BCUT2D eigenvalue weighted by Crippen LogP contribution is 2.25. The van der Waals surface area contributed by atoms with Gasteiger partial charge in [0.15, 0.2) is 0 Å². The van der Waals surface area contributed by atoms with E-state index in [2.05, 4.69) is 0 Å². The summed E-state index contributed by atoms with van der Waals surface area (Å²) < 4.78 is 4.91. The predicted octanol–water partition coefficient (Wildman–Crippen LogP) is 1.50. The summed E-state index contributed by atoms with van der Waals surface area (Å²) >= 11 is 0. The number of ether oxygens (including phenoxy) is 1. The van der Waals surface area contributed by atoms with Crippen LogP contribution in [0, 0.1) is 5.92 Å². The van der Waals surface area contributed by atoms with Gasteiger partial charge in [0.2, 0.25) is 0 Å². The number of hydrogen-bond donors (Lipinski definition) is 1. The van der Waals surface area contributed by atoms with Crippen molar-refractivity contribution in [2.45, 2.75) is 44.6 Å². The zero-order chi connectivity index (χ0) is 10.4. The third-order valence-corrected chi connectivity index (χ3v) is 2.90. The first-order valence-electron chi connectivity index (χ1n) is 5.51. The highest BCUT2D eigenvalue weighted by Gasteiger charge is 2.22. The fourth-order valence-electron chi connectivity index (χ4n) is 2.12. The summed E-state index contributed by atoms with van der Waals surface area (Å²) in [4.78, 5) is 11.7. The zero-order valence-electron chi connectivity index (χ0n) is 9.00. The van der Waals surface area contributed by atoms with Crippen LogP contribution >= 0.6 is 0 Å². The minimum Gasteiger partial charge on any atom is -0.383 e. The van der Waals surface area contributed by atoms with Gasteiger partial charge in [-0.05, 0) is 12.8 Å². The molecule has 0 saturated heterocycles. The standard InChI is InChI=1S/C11H21NO2/c1-14-8-10(12)7-11(13)9-5-3-2-4-6-9/h9-10H,2-8,12H2,1H3. The van der Waals surface area contributed by atoms with Gasteiger partial charge in [-0.15, -0.1) is 0 Å². The summed E-state index contributed by atoms with van der Waals surface area (Å²) in [7, 11) is 1.62.